The van der Waals surface area contributed by atoms with Crippen molar-refractivity contribution in [2.45, 2.75) is 31.7 Å². The Morgan fingerprint density at radius 2 is 1.76 bits per heavy atom. The number of amides is 2. The highest BCUT2D eigenvalue weighted by Crippen LogP contribution is 2.36. The summed E-state index contributed by atoms with van der Waals surface area (Å²) in [7, 11) is 4.11. The van der Waals surface area contributed by atoms with Crippen LogP contribution in [0.15, 0.2) is 40.9 Å². The predicted molar refractivity (Wildman–Crippen MR) is 148 cm³/mol. The summed E-state index contributed by atoms with van der Waals surface area (Å²) in [6.07, 6.45) is 4.79. The summed E-state index contributed by atoms with van der Waals surface area (Å²) < 4.78 is 5.94. The number of hydrogen-bond donors (Lipinski definition) is 4. The number of benzene rings is 1. The van der Waals surface area contributed by atoms with Crippen LogP contribution in [0.1, 0.15) is 36.2 Å². The standard InChI is InChI=1S/C27H34ClN5O5/c1-32(2)19-6-3-17(4-7-19)26(36)31-24-21-15-20(33(11-13-34)12-14-35)8-9-22(21)38-25(24)27(37)30-23-10-5-18(28)16-29-23/h5,8-10,15-17,19,34-35H,3-4,6-7,11-14H2,1-2H3,(H,31,36)(H,29,30,37). The average molecular weight is 544 g/mol. The Morgan fingerprint density at radius 1 is 1.05 bits per heavy atom. The minimum atomic E-state index is -0.563. The smallest absolute Gasteiger partial charge is 0.294 e. The lowest BCUT2D eigenvalue weighted by Crippen LogP contribution is -2.35. The summed E-state index contributed by atoms with van der Waals surface area (Å²) >= 11 is 5.91. The Kier molecular flexibility index (Phi) is 9.22. The number of fused-ring (bicyclic) bond motifs is 1. The number of aromatic nitrogens is 1. The van der Waals surface area contributed by atoms with Crippen LogP contribution in [0.4, 0.5) is 17.2 Å². The Balaban J connectivity index is 1.67. The van der Waals surface area contributed by atoms with Gasteiger partial charge in [0, 0.05) is 42.3 Å². The molecular formula is C27H34ClN5O5. The van der Waals surface area contributed by atoms with E-state index in [4.69, 9.17) is 16.0 Å². The van der Waals surface area contributed by atoms with Gasteiger partial charge in [-0.25, -0.2) is 4.98 Å². The first-order chi connectivity index (χ1) is 18.3. The maximum Gasteiger partial charge on any atom is 0.294 e. The van der Waals surface area contributed by atoms with E-state index < -0.39 is 5.91 Å². The third-order valence-electron chi connectivity index (χ3n) is 7.00. The number of pyridine rings is 1. The fourth-order valence-electron chi connectivity index (χ4n) is 4.88. The molecule has 1 aliphatic carbocycles. The number of carbonyl (C=O) groups excluding carboxylic acids is 2. The Hall–Kier alpha value is -3.18. The van der Waals surface area contributed by atoms with Gasteiger partial charge < -0.3 is 35.1 Å². The molecule has 4 rings (SSSR count). The van der Waals surface area contributed by atoms with Crippen LogP contribution in [-0.4, -0.2) is 78.4 Å². The van der Waals surface area contributed by atoms with Crippen molar-refractivity contribution in [3.63, 3.8) is 0 Å². The molecule has 4 N–H and O–H groups in total. The van der Waals surface area contributed by atoms with Crippen molar-refractivity contribution in [2.24, 2.45) is 5.92 Å². The molecule has 0 aliphatic heterocycles. The SMILES string of the molecule is CN(C)C1CCC(C(=O)Nc2c(C(=O)Nc3ccc(Cl)cn3)oc3ccc(N(CCO)CCO)cc23)CC1. The van der Waals surface area contributed by atoms with Crippen LogP contribution in [0.5, 0.6) is 0 Å². The molecule has 2 aromatic heterocycles. The lowest BCUT2D eigenvalue weighted by atomic mass is 9.85. The number of furan rings is 1. The number of nitrogens with one attached hydrogen (secondary N) is 2. The van der Waals surface area contributed by atoms with E-state index in [2.05, 4.69) is 34.6 Å². The van der Waals surface area contributed by atoms with Gasteiger partial charge in [-0.15, -0.1) is 0 Å². The van der Waals surface area contributed by atoms with Crippen molar-refractivity contribution in [1.82, 2.24) is 9.88 Å². The number of anilines is 3. The summed E-state index contributed by atoms with van der Waals surface area (Å²) in [5.74, 6) is -0.645. The van der Waals surface area contributed by atoms with Crippen molar-refractivity contribution in [1.29, 1.82) is 0 Å². The quantitative estimate of drug-likeness (QED) is 0.305. The zero-order valence-electron chi connectivity index (χ0n) is 21.6. The van der Waals surface area contributed by atoms with E-state index in [1.165, 1.54) is 6.20 Å². The molecule has 1 saturated carbocycles. The molecule has 0 radical (unpaired) electrons. The lowest BCUT2D eigenvalue weighted by molar-refractivity contribution is -0.121. The maximum absolute atomic E-state index is 13.4. The van der Waals surface area contributed by atoms with Crippen LogP contribution in [0, 0.1) is 5.92 Å². The summed E-state index contributed by atoms with van der Waals surface area (Å²) in [6.45, 7) is 0.446. The van der Waals surface area contributed by atoms with Gasteiger partial charge in [-0.1, -0.05) is 11.6 Å². The van der Waals surface area contributed by atoms with Crippen molar-refractivity contribution in [2.75, 3.05) is 55.9 Å². The average Bonchev–Trinajstić information content (AvgIpc) is 3.27. The molecule has 1 aliphatic rings. The van der Waals surface area contributed by atoms with Crippen LogP contribution in [0.3, 0.4) is 0 Å². The van der Waals surface area contributed by atoms with Crippen molar-refractivity contribution in [3.05, 3.63) is 47.3 Å². The van der Waals surface area contributed by atoms with Gasteiger partial charge >= 0.3 is 0 Å². The predicted octanol–water partition coefficient (Wildman–Crippen LogP) is 3.58. The molecule has 0 unspecified atom stereocenters. The maximum atomic E-state index is 13.4. The van der Waals surface area contributed by atoms with E-state index >= 15 is 0 Å². The number of nitrogens with zero attached hydrogens (tertiary/aromatic N) is 3. The molecule has 3 aromatic rings. The zero-order valence-corrected chi connectivity index (χ0v) is 22.4. The van der Waals surface area contributed by atoms with Crippen LogP contribution >= 0.6 is 11.6 Å². The molecule has 0 spiro atoms. The summed E-state index contributed by atoms with van der Waals surface area (Å²) in [5, 5.41) is 25.6. The van der Waals surface area contributed by atoms with E-state index in [1.54, 1.807) is 30.3 Å². The van der Waals surface area contributed by atoms with Gasteiger partial charge in [0.05, 0.1) is 18.2 Å². The van der Waals surface area contributed by atoms with E-state index in [0.29, 0.717) is 35.1 Å². The van der Waals surface area contributed by atoms with Gasteiger partial charge in [0.2, 0.25) is 11.7 Å². The number of rotatable bonds is 10. The lowest BCUT2D eigenvalue weighted by Gasteiger charge is -2.31. The van der Waals surface area contributed by atoms with E-state index in [1.807, 2.05) is 4.90 Å². The first-order valence-corrected chi connectivity index (χ1v) is 13.1. The fraction of sp³-hybridized carbons (Fsp3) is 0.444. The van der Waals surface area contributed by atoms with Gasteiger partial charge in [0.25, 0.3) is 5.91 Å². The van der Waals surface area contributed by atoms with Crippen LogP contribution in [0.25, 0.3) is 11.0 Å². The fourth-order valence-corrected chi connectivity index (χ4v) is 4.99. The highest BCUT2D eigenvalue weighted by atomic mass is 35.5. The van der Waals surface area contributed by atoms with Crippen molar-refractivity contribution < 1.29 is 24.2 Å². The monoisotopic (exact) mass is 543 g/mol. The van der Waals surface area contributed by atoms with E-state index in [9.17, 15) is 19.8 Å². The number of hydrogen-bond acceptors (Lipinski definition) is 8. The van der Waals surface area contributed by atoms with E-state index in [-0.39, 0.29) is 42.3 Å². The normalized spacial score (nSPS) is 17.5. The third kappa shape index (κ3) is 6.44. The molecule has 204 valence electrons. The molecule has 0 atom stereocenters. The molecule has 0 saturated heterocycles. The summed E-state index contributed by atoms with van der Waals surface area (Å²) in [6, 6.07) is 8.92. The Labute approximate surface area is 226 Å². The Bertz CT molecular complexity index is 1250. The molecule has 11 heteroatoms. The second-order valence-corrected chi connectivity index (χ2v) is 10.1. The van der Waals surface area contributed by atoms with Crippen LogP contribution in [-0.2, 0) is 4.79 Å². The largest absolute Gasteiger partial charge is 0.449 e. The first kappa shape index (κ1) is 27.8. The van der Waals surface area contributed by atoms with Gasteiger partial charge in [0.1, 0.15) is 17.1 Å². The van der Waals surface area contributed by atoms with Gasteiger partial charge in [0.15, 0.2) is 0 Å². The molecular weight excluding hydrogens is 510 g/mol. The van der Waals surface area contributed by atoms with Gasteiger partial charge in [-0.05, 0) is 70.1 Å². The Morgan fingerprint density at radius 3 is 2.37 bits per heavy atom. The molecule has 0 bridgehead atoms. The zero-order chi connectivity index (χ0) is 27.2. The minimum Gasteiger partial charge on any atom is -0.449 e. The molecule has 1 aromatic carbocycles. The second kappa shape index (κ2) is 12.6. The van der Waals surface area contributed by atoms with Gasteiger partial charge in [-0.2, -0.15) is 0 Å². The van der Waals surface area contributed by atoms with Crippen LogP contribution < -0.4 is 15.5 Å². The number of aliphatic hydroxyl groups excluding tert-OH is 2. The van der Waals surface area contributed by atoms with Crippen molar-refractivity contribution in [3.8, 4) is 0 Å². The molecule has 2 heterocycles. The first-order valence-electron chi connectivity index (χ1n) is 12.7. The molecule has 2 amide bonds. The number of carbonyl (C=O) groups is 2. The van der Waals surface area contributed by atoms with Gasteiger partial charge in [-0.3, -0.25) is 9.59 Å². The van der Waals surface area contributed by atoms with Crippen LogP contribution in [0.2, 0.25) is 5.02 Å². The molecule has 10 nitrogen and oxygen atoms in total. The minimum absolute atomic E-state index is 0.0416. The summed E-state index contributed by atoms with van der Waals surface area (Å²) in [4.78, 5) is 34.8. The van der Waals surface area contributed by atoms with E-state index in [0.717, 1.165) is 31.4 Å². The molecule has 38 heavy (non-hydrogen) atoms. The highest BCUT2D eigenvalue weighted by Gasteiger charge is 2.30. The second-order valence-electron chi connectivity index (χ2n) is 9.70. The number of aliphatic hydroxyl groups is 2. The topological polar surface area (TPSA) is 131 Å². The summed E-state index contributed by atoms with van der Waals surface area (Å²) in [5.41, 5.74) is 1.42. The van der Waals surface area contributed by atoms with Crippen molar-refractivity contribution >= 4 is 51.6 Å². The molecule has 1 fully saturated rings. The highest BCUT2D eigenvalue weighted by molar-refractivity contribution is 6.30. The third-order valence-corrected chi connectivity index (χ3v) is 7.22. The number of halogens is 1.